The monoisotopic (exact) mass is 366 g/mol. The second-order valence-electron chi connectivity index (χ2n) is 6.17. The van der Waals surface area contributed by atoms with Crippen LogP contribution in [0.5, 0.6) is 0 Å². The maximum atomic E-state index is 12.0. The van der Waals surface area contributed by atoms with Gasteiger partial charge in [0.1, 0.15) is 0 Å². The van der Waals surface area contributed by atoms with E-state index in [-0.39, 0.29) is 5.91 Å². The van der Waals surface area contributed by atoms with Gasteiger partial charge in [0.2, 0.25) is 5.91 Å². The Morgan fingerprint density at radius 2 is 2.04 bits per heavy atom. The molecule has 26 heavy (non-hydrogen) atoms. The zero-order valence-corrected chi connectivity index (χ0v) is 14.9. The smallest absolute Gasteiger partial charge is 0.259 e. The van der Waals surface area contributed by atoms with Crippen LogP contribution in [0.2, 0.25) is 0 Å². The van der Waals surface area contributed by atoms with Crippen molar-refractivity contribution in [3.8, 4) is 11.5 Å². The summed E-state index contributed by atoms with van der Waals surface area (Å²) in [6, 6.07) is 13.6. The Morgan fingerprint density at radius 1 is 1.19 bits per heavy atom. The molecule has 0 unspecified atom stereocenters. The van der Waals surface area contributed by atoms with Gasteiger partial charge in [0.25, 0.3) is 5.89 Å². The normalized spacial score (nSPS) is 13.5. The summed E-state index contributed by atoms with van der Waals surface area (Å²) in [6.45, 7) is 0.535. The standard InChI is InChI=1S/C19H18N4O2S/c24-16(20-10-13-4-2-1-3-5-13)12-26-17-9-8-15(11-21-17)19-22-18(23-25-19)14-6-7-14/h1-5,8-9,11,14H,6-7,10,12H2,(H,20,24). The highest BCUT2D eigenvalue weighted by Gasteiger charge is 2.29. The fraction of sp³-hybridized carbons (Fsp3) is 0.263. The third kappa shape index (κ3) is 4.29. The Balaban J connectivity index is 1.27. The van der Waals surface area contributed by atoms with Crippen molar-refractivity contribution in [2.45, 2.75) is 30.3 Å². The van der Waals surface area contributed by atoms with Crippen molar-refractivity contribution in [1.82, 2.24) is 20.4 Å². The van der Waals surface area contributed by atoms with Crippen LogP contribution in [-0.4, -0.2) is 26.8 Å². The molecule has 0 aliphatic heterocycles. The van der Waals surface area contributed by atoms with Crippen molar-refractivity contribution in [3.63, 3.8) is 0 Å². The summed E-state index contributed by atoms with van der Waals surface area (Å²) in [5.74, 6) is 2.05. The number of rotatable bonds is 7. The molecule has 1 aliphatic rings. The SMILES string of the molecule is O=C(CSc1ccc(-c2nc(C3CC3)no2)cn1)NCc1ccccc1. The van der Waals surface area contributed by atoms with Gasteiger partial charge in [-0.05, 0) is 30.5 Å². The molecule has 0 spiro atoms. The molecular weight excluding hydrogens is 348 g/mol. The van der Waals surface area contributed by atoms with Crippen LogP contribution in [0.1, 0.15) is 30.1 Å². The summed E-state index contributed by atoms with van der Waals surface area (Å²) < 4.78 is 5.29. The third-order valence-electron chi connectivity index (χ3n) is 4.05. The molecule has 0 saturated heterocycles. The lowest BCUT2D eigenvalue weighted by Gasteiger charge is -2.05. The van der Waals surface area contributed by atoms with Crippen LogP contribution in [0.3, 0.4) is 0 Å². The molecule has 7 heteroatoms. The van der Waals surface area contributed by atoms with Crippen molar-refractivity contribution in [3.05, 3.63) is 60.0 Å². The number of hydrogen-bond donors (Lipinski definition) is 1. The summed E-state index contributed by atoms with van der Waals surface area (Å²) in [5, 5.41) is 7.70. The van der Waals surface area contributed by atoms with Gasteiger partial charge in [0, 0.05) is 18.7 Å². The first-order chi connectivity index (χ1) is 12.8. The maximum Gasteiger partial charge on any atom is 0.259 e. The maximum absolute atomic E-state index is 12.0. The number of aromatic nitrogens is 3. The minimum atomic E-state index is -0.0179. The summed E-state index contributed by atoms with van der Waals surface area (Å²) in [4.78, 5) is 20.7. The number of pyridine rings is 1. The molecule has 1 amide bonds. The molecule has 1 N–H and O–H groups in total. The van der Waals surface area contributed by atoms with Crippen LogP contribution in [0.25, 0.3) is 11.5 Å². The lowest BCUT2D eigenvalue weighted by atomic mass is 10.2. The summed E-state index contributed by atoms with van der Waals surface area (Å²) in [6.07, 6.45) is 3.98. The average Bonchev–Trinajstić information content (AvgIpc) is 3.43. The second-order valence-corrected chi connectivity index (χ2v) is 7.16. The highest BCUT2D eigenvalue weighted by molar-refractivity contribution is 7.99. The van der Waals surface area contributed by atoms with E-state index in [0.29, 0.717) is 24.1 Å². The first kappa shape index (κ1) is 16.8. The molecule has 6 nitrogen and oxygen atoms in total. The van der Waals surface area contributed by atoms with Gasteiger partial charge >= 0.3 is 0 Å². The number of amides is 1. The number of carbonyl (C=O) groups excluding carboxylic acids is 1. The highest BCUT2D eigenvalue weighted by Crippen LogP contribution is 2.38. The molecule has 1 fully saturated rings. The van der Waals surface area contributed by atoms with E-state index in [9.17, 15) is 4.79 Å². The van der Waals surface area contributed by atoms with Gasteiger partial charge < -0.3 is 9.84 Å². The molecule has 1 saturated carbocycles. The van der Waals surface area contributed by atoms with E-state index in [2.05, 4.69) is 20.4 Å². The summed E-state index contributed by atoms with van der Waals surface area (Å²) >= 11 is 1.40. The molecule has 0 atom stereocenters. The Hall–Kier alpha value is -2.67. The van der Waals surface area contributed by atoms with E-state index >= 15 is 0 Å². The van der Waals surface area contributed by atoms with Crippen LogP contribution < -0.4 is 5.32 Å². The van der Waals surface area contributed by atoms with Crippen molar-refractivity contribution >= 4 is 17.7 Å². The first-order valence-corrected chi connectivity index (χ1v) is 9.50. The van der Waals surface area contributed by atoms with Crippen LogP contribution in [-0.2, 0) is 11.3 Å². The van der Waals surface area contributed by atoms with Gasteiger partial charge in [0.05, 0.1) is 16.3 Å². The van der Waals surface area contributed by atoms with Crippen molar-refractivity contribution in [1.29, 1.82) is 0 Å². The van der Waals surface area contributed by atoms with Gasteiger partial charge in [-0.15, -0.1) is 0 Å². The molecular formula is C19H18N4O2S. The number of thioether (sulfide) groups is 1. The molecule has 132 valence electrons. The van der Waals surface area contributed by atoms with E-state index in [0.717, 1.165) is 34.8 Å². The summed E-state index contributed by atoms with van der Waals surface area (Å²) in [5.41, 5.74) is 1.88. The lowest BCUT2D eigenvalue weighted by molar-refractivity contribution is -0.118. The Kier molecular flexibility index (Phi) is 4.97. The van der Waals surface area contributed by atoms with Crippen LogP contribution in [0.4, 0.5) is 0 Å². The predicted octanol–water partition coefficient (Wildman–Crippen LogP) is 3.42. The van der Waals surface area contributed by atoms with Crippen LogP contribution in [0, 0.1) is 0 Å². The largest absolute Gasteiger partial charge is 0.351 e. The van der Waals surface area contributed by atoms with Gasteiger partial charge in [-0.3, -0.25) is 4.79 Å². The van der Waals surface area contributed by atoms with Gasteiger partial charge in [-0.25, -0.2) is 4.98 Å². The molecule has 3 aromatic rings. The zero-order chi connectivity index (χ0) is 17.8. The van der Waals surface area contributed by atoms with Crippen molar-refractivity contribution in [2.75, 3.05) is 5.75 Å². The van der Waals surface area contributed by atoms with Gasteiger partial charge in [0.15, 0.2) is 5.82 Å². The fourth-order valence-electron chi connectivity index (χ4n) is 2.44. The molecule has 0 radical (unpaired) electrons. The van der Waals surface area contributed by atoms with Crippen LogP contribution >= 0.6 is 11.8 Å². The minimum absolute atomic E-state index is 0.0179. The van der Waals surface area contributed by atoms with E-state index in [4.69, 9.17) is 4.52 Å². The highest BCUT2D eigenvalue weighted by atomic mass is 32.2. The Bertz CT molecular complexity index is 876. The van der Waals surface area contributed by atoms with E-state index in [1.54, 1.807) is 6.20 Å². The van der Waals surface area contributed by atoms with E-state index in [1.165, 1.54) is 11.8 Å². The van der Waals surface area contributed by atoms with Gasteiger partial charge in [-0.2, -0.15) is 4.98 Å². The van der Waals surface area contributed by atoms with E-state index in [1.807, 2.05) is 42.5 Å². The Morgan fingerprint density at radius 3 is 2.77 bits per heavy atom. The van der Waals surface area contributed by atoms with E-state index < -0.39 is 0 Å². The first-order valence-electron chi connectivity index (χ1n) is 8.51. The quantitative estimate of drug-likeness (QED) is 0.645. The molecule has 1 aromatic carbocycles. The fourth-order valence-corrected chi connectivity index (χ4v) is 3.11. The number of nitrogens with zero attached hydrogens (tertiary/aromatic N) is 3. The second kappa shape index (κ2) is 7.70. The molecule has 2 aromatic heterocycles. The topological polar surface area (TPSA) is 80.9 Å². The summed E-state index contributed by atoms with van der Waals surface area (Å²) in [7, 11) is 0. The van der Waals surface area contributed by atoms with Crippen molar-refractivity contribution < 1.29 is 9.32 Å². The zero-order valence-electron chi connectivity index (χ0n) is 14.1. The number of nitrogens with one attached hydrogen (secondary N) is 1. The molecule has 2 heterocycles. The third-order valence-corrected chi connectivity index (χ3v) is 4.99. The predicted molar refractivity (Wildman–Crippen MR) is 98.5 cm³/mol. The Labute approximate surface area is 155 Å². The molecule has 1 aliphatic carbocycles. The van der Waals surface area contributed by atoms with Crippen LogP contribution in [0.15, 0.2) is 58.2 Å². The lowest BCUT2D eigenvalue weighted by Crippen LogP contribution is -2.24. The number of benzene rings is 1. The number of hydrogen-bond acceptors (Lipinski definition) is 6. The van der Waals surface area contributed by atoms with Gasteiger partial charge in [-0.1, -0.05) is 47.3 Å². The number of carbonyl (C=O) groups is 1. The molecule has 0 bridgehead atoms. The van der Waals surface area contributed by atoms with Crippen molar-refractivity contribution in [2.24, 2.45) is 0 Å². The molecule has 4 rings (SSSR count). The average molecular weight is 366 g/mol. The minimum Gasteiger partial charge on any atom is -0.351 e.